The summed E-state index contributed by atoms with van der Waals surface area (Å²) in [6, 6.07) is 34.4. The number of ether oxygens (including phenoxy) is 4. The van der Waals surface area contributed by atoms with Gasteiger partial charge in [0.15, 0.2) is 24.7 Å². The molecule has 0 aliphatic heterocycles. The SMILES string of the molecule is CNC(CC(Oc1cccc2ccccc12)c1ccco1)OC(=O)C(=O)OC(CC(Oc1cccc2ccccc12)c1ccco1)NC. The summed E-state index contributed by atoms with van der Waals surface area (Å²) in [4.78, 5) is 26.1. The van der Waals surface area contributed by atoms with Crippen LogP contribution in [0.3, 0.4) is 0 Å². The molecule has 10 heteroatoms. The average Bonchev–Trinajstić information content (AvgIpc) is 3.86. The summed E-state index contributed by atoms with van der Waals surface area (Å²) in [6.07, 6.45) is 0.272. The highest BCUT2D eigenvalue weighted by Gasteiger charge is 2.31. The Morgan fingerprint density at radius 1 is 0.562 bits per heavy atom. The van der Waals surface area contributed by atoms with E-state index in [4.69, 9.17) is 27.8 Å². The normalized spacial score (nSPS) is 13.8. The molecule has 0 saturated heterocycles. The first kappa shape index (κ1) is 32.4. The van der Waals surface area contributed by atoms with Crippen LogP contribution >= 0.6 is 0 Å². The third-order valence-corrected chi connectivity index (χ3v) is 7.92. The number of hydrogen-bond acceptors (Lipinski definition) is 10. The van der Waals surface area contributed by atoms with Crippen molar-refractivity contribution in [1.29, 1.82) is 0 Å². The van der Waals surface area contributed by atoms with E-state index in [2.05, 4.69) is 10.6 Å². The van der Waals surface area contributed by atoms with Gasteiger partial charge < -0.3 is 27.8 Å². The number of furan rings is 2. The second-order valence-electron chi connectivity index (χ2n) is 11.0. The van der Waals surface area contributed by atoms with Gasteiger partial charge in [0, 0.05) is 23.6 Å². The second-order valence-corrected chi connectivity index (χ2v) is 11.0. The maximum Gasteiger partial charge on any atom is 0.419 e. The highest BCUT2D eigenvalue weighted by molar-refractivity contribution is 6.29. The fourth-order valence-electron chi connectivity index (χ4n) is 5.49. The molecule has 0 fully saturated rings. The standard InChI is InChI=1S/C38H36N2O8/c1-39-35(23-33(31-19-9-21-43-31)45-29-17-7-13-25-11-3-5-15-27(25)29)47-37(41)38(42)48-36(40-2)24-34(32-20-10-22-44-32)46-30-18-8-14-26-12-4-6-16-28(26)30/h3-22,33-36,39-40H,23-24H2,1-2H3. The molecule has 6 rings (SSSR count). The lowest BCUT2D eigenvalue weighted by molar-refractivity contribution is -0.177. The number of rotatable bonds is 14. The molecule has 4 aromatic carbocycles. The van der Waals surface area contributed by atoms with Crippen LogP contribution in [0.25, 0.3) is 21.5 Å². The molecule has 0 amide bonds. The van der Waals surface area contributed by atoms with Crippen LogP contribution in [-0.4, -0.2) is 38.5 Å². The number of esters is 2. The monoisotopic (exact) mass is 648 g/mol. The van der Waals surface area contributed by atoms with E-state index in [0.29, 0.717) is 23.0 Å². The molecule has 10 nitrogen and oxygen atoms in total. The minimum atomic E-state index is -1.16. The molecule has 4 atom stereocenters. The van der Waals surface area contributed by atoms with Crippen LogP contribution in [0.5, 0.6) is 11.5 Å². The minimum absolute atomic E-state index is 0.140. The van der Waals surface area contributed by atoms with Crippen molar-refractivity contribution in [2.24, 2.45) is 0 Å². The van der Waals surface area contributed by atoms with Crippen molar-refractivity contribution in [3.8, 4) is 11.5 Å². The van der Waals surface area contributed by atoms with E-state index in [9.17, 15) is 9.59 Å². The summed E-state index contributed by atoms with van der Waals surface area (Å²) in [7, 11) is 3.24. The number of benzene rings is 4. The topological polar surface area (TPSA) is 121 Å². The third kappa shape index (κ3) is 7.68. The lowest BCUT2D eigenvalue weighted by atomic mass is 10.1. The first-order chi connectivity index (χ1) is 23.5. The van der Waals surface area contributed by atoms with Gasteiger partial charge >= 0.3 is 11.9 Å². The molecule has 4 unspecified atom stereocenters. The molecule has 6 aromatic rings. The van der Waals surface area contributed by atoms with Crippen LogP contribution in [0.4, 0.5) is 0 Å². The van der Waals surface area contributed by atoms with Crippen LogP contribution in [0, 0.1) is 0 Å². The van der Waals surface area contributed by atoms with Gasteiger partial charge in [-0.1, -0.05) is 72.8 Å². The average molecular weight is 649 g/mol. The zero-order chi connectivity index (χ0) is 33.3. The van der Waals surface area contributed by atoms with E-state index in [0.717, 1.165) is 21.5 Å². The number of nitrogens with one attached hydrogen (secondary N) is 2. The molecule has 48 heavy (non-hydrogen) atoms. The molecule has 2 heterocycles. The minimum Gasteiger partial charge on any atom is -0.482 e. The molecular formula is C38H36N2O8. The second kappa shape index (κ2) is 15.3. The van der Waals surface area contributed by atoms with Crippen molar-refractivity contribution >= 4 is 33.5 Å². The Labute approximate surface area is 277 Å². The number of hydrogen-bond donors (Lipinski definition) is 2. The van der Waals surface area contributed by atoms with Crippen molar-refractivity contribution in [3.63, 3.8) is 0 Å². The summed E-state index contributed by atoms with van der Waals surface area (Å²) in [5, 5.41) is 9.77. The van der Waals surface area contributed by atoms with Crippen LogP contribution < -0.4 is 20.1 Å². The van der Waals surface area contributed by atoms with E-state index in [1.807, 2.05) is 84.9 Å². The summed E-state index contributed by atoms with van der Waals surface area (Å²) in [5.74, 6) is 0.0250. The Hall–Kier alpha value is -5.58. The Bertz CT molecular complexity index is 1790. The van der Waals surface area contributed by atoms with Gasteiger partial charge in [-0.05, 0) is 61.3 Å². The highest BCUT2D eigenvalue weighted by Crippen LogP contribution is 2.34. The highest BCUT2D eigenvalue weighted by atomic mass is 16.6. The van der Waals surface area contributed by atoms with Crippen molar-refractivity contribution in [2.75, 3.05) is 14.1 Å². The van der Waals surface area contributed by atoms with Gasteiger partial charge in [-0.25, -0.2) is 9.59 Å². The van der Waals surface area contributed by atoms with E-state index < -0.39 is 36.6 Å². The number of carbonyl (C=O) groups is 2. The van der Waals surface area contributed by atoms with Crippen molar-refractivity contribution in [2.45, 2.75) is 37.5 Å². The Balaban J connectivity index is 1.12. The molecule has 2 aromatic heterocycles. The molecule has 0 saturated carbocycles. The lowest BCUT2D eigenvalue weighted by Crippen LogP contribution is -2.40. The van der Waals surface area contributed by atoms with Gasteiger partial charge in [0.1, 0.15) is 23.0 Å². The largest absolute Gasteiger partial charge is 0.482 e. The van der Waals surface area contributed by atoms with Gasteiger partial charge in [-0.3, -0.25) is 10.6 Å². The number of carbonyl (C=O) groups excluding carboxylic acids is 2. The maximum absolute atomic E-state index is 13.0. The van der Waals surface area contributed by atoms with Crippen molar-refractivity contribution in [3.05, 3.63) is 133 Å². The van der Waals surface area contributed by atoms with Gasteiger partial charge in [0.05, 0.1) is 12.5 Å². The molecule has 0 aliphatic rings. The van der Waals surface area contributed by atoms with Gasteiger partial charge in [0.25, 0.3) is 0 Å². The Kier molecular flexibility index (Phi) is 10.3. The summed E-state index contributed by atoms with van der Waals surface area (Å²) >= 11 is 0. The quantitative estimate of drug-likeness (QED) is 0.0720. The zero-order valence-electron chi connectivity index (χ0n) is 26.5. The molecule has 0 aliphatic carbocycles. The van der Waals surface area contributed by atoms with E-state index in [1.54, 1.807) is 50.9 Å². The summed E-state index contributed by atoms with van der Waals surface area (Å²) in [5.41, 5.74) is 0. The third-order valence-electron chi connectivity index (χ3n) is 7.92. The van der Waals surface area contributed by atoms with Crippen LogP contribution in [0.2, 0.25) is 0 Å². The van der Waals surface area contributed by atoms with E-state index in [-0.39, 0.29) is 12.8 Å². The molecular weight excluding hydrogens is 612 g/mol. The first-order valence-corrected chi connectivity index (χ1v) is 15.6. The van der Waals surface area contributed by atoms with Gasteiger partial charge in [-0.2, -0.15) is 0 Å². The van der Waals surface area contributed by atoms with Crippen molar-refractivity contribution in [1.82, 2.24) is 10.6 Å². The molecule has 0 bridgehead atoms. The Morgan fingerprint density at radius 2 is 0.979 bits per heavy atom. The summed E-state index contributed by atoms with van der Waals surface area (Å²) < 4.78 is 35.3. The van der Waals surface area contributed by atoms with Crippen molar-refractivity contribution < 1.29 is 37.4 Å². The first-order valence-electron chi connectivity index (χ1n) is 15.6. The van der Waals surface area contributed by atoms with Gasteiger partial charge in [0.2, 0.25) is 0 Å². The molecule has 2 N–H and O–H groups in total. The van der Waals surface area contributed by atoms with Gasteiger partial charge in [-0.15, -0.1) is 0 Å². The van der Waals surface area contributed by atoms with E-state index >= 15 is 0 Å². The predicted molar refractivity (Wildman–Crippen MR) is 179 cm³/mol. The van der Waals surface area contributed by atoms with Crippen LogP contribution in [0.1, 0.15) is 36.6 Å². The Morgan fingerprint density at radius 3 is 1.38 bits per heavy atom. The molecule has 0 radical (unpaired) electrons. The predicted octanol–water partition coefficient (Wildman–Crippen LogP) is 7.08. The molecule has 246 valence electrons. The smallest absolute Gasteiger partial charge is 0.419 e. The summed E-state index contributed by atoms with van der Waals surface area (Å²) in [6.45, 7) is 0. The van der Waals surface area contributed by atoms with Crippen LogP contribution in [0.15, 0.2) is 131 Å². The lowest BCUT2D eigenvalue weighted by Gasteiger charge is -2.25. The maximum atomic E-state index is 13.0. The number of fused-ring (bicyclic) bond motifs is 2. The zero-order valence-corrected chi connectivity index (χ0v) is 26.5. The van der Waals surface area contributed by atoms with E-state index in [1.165, 1.54) is 0 Å². The fraction of sp³-hybridized carbons (Fsp3) is 0.211. The van der Waals surface area contributed by atoms with Crippen LogP contribution in [-0.2, 0) is 19.1 Å². The molecule has 0 spiro atoms. The fourth-order valence-corrected chi connectivity index (χ4v) is 5.49.